The maximum absolute atomic E-state index is 5.95. The molecule has 1 aromatic carbocycles. The number of benzene rings is 1. The van der Waals surface area contributed by atoms with E-state index in [0.29, 0.717) is 5.41 Å². The van der Waals surface area contributed by atoms with Gasteiger partial charge in [0.2, 0.25) is 0 Å². The minimum absolute atomic E-state index is 0.331. The Morgan fingerprint density at radius 2 is 1.88 bits per heavy atom. The third-order valence-corrected chi connectivity index (χ3v) is 5.63. The zero-order valence-corrected chi connectivity index (χ0v) is 12.9. The minimum atomic E-state index is 0.331. The lowest BCUT2D eigenvalue weighted by Gasteiger charge is -2.40. The van der Waals surface area contributed by atoms with E-state index in [0.717, 1.165) is 18.1 Å². The van der Waals surface area contributed by atoms with Gasteiger partial charge in [0.15, 0.2) is 0 Å². The molecular formula is C14H19BrOS. The molecular weight excluding hydrogens is 296 g/mol. The zero-order chi connectivity index (χ0) is 12.5. The van der Waals surface area contributed by atoms with Crippen molar-refractivity contribution in [2.24, 2.45) is 5.41 Å². The molecule has 0 spiro atoms. The second kappa shape index (κ2) is 5.23. The molecule has 1 saturated carbocycles. The molecule has 94 valence electrons. The molecule has 0 aromatic heterocycles. The lowest BCUT2D eigenvalue weighted by atomic mass is 9.71. The predicted molar refractivity (Wildman–Crippen MR) is 79.2 cm³/mol. The van der Waals surface area contributed by atoms with Crippen molar-refractivity contribution in [2.75, 3.05) is 12.4 Å². The fourth-order valence-corrected chi connectivity index (χ4v) is 2.89. The highest BCUT2D eigenvalue weighted by Gasteiger charge is 2.36. The van der Waals surface area contributed by atoms with Crippen LogP contribution in [0.25, 0.3) is 0 Å². The summed E-state index contributed by atoms with van der Waals surface area (Å²) in [5.74, 6) is 1.91. The Morgan fingerprint density at radius 1 is 1.29 bits per heavy atom. The van der Waals surface area contributed by atoms with Crippen LogP contribution in [0.15, 0.2) is 16.6 Å². The van der Waals surface area contributed by atoms with Gasteiger partial charge in [-0.25, -0.2) is 0 Å². The Bertz CT molecular complexity index is 384. The first-order chi connectivity index (χ1) is 8.06. The van der Waals surface area contributed by atoms with Crippen LogP contribution in [0.1, 0.15) is 30.4 Å². The maximum atomic E-state index is 5.95. The molecule has 0 amide bonds. The van der Waals surface area contributed by atoms with Gasteiger partial charge in [0.1, 0.15) is 5.75 Å². The molecule has 2 rings (SSSR count). The van der Waals surface area contributed by atoms with Gasteiger partial charge in [-0.05, 0) is 55.7 Å². The predicted octanol–water partition coefficient (Wildman–Crippen LogP) is 4.54. The molecule has 1 aromatic rings. The molecule has 0 heterocycles. The fourth-order valence-electron chi connectivity index (χ4n) is 2.25. The van der Waals surface area contributed by atoms with E-state index >= 15 is 0 Å². The molecule has 1 nitrogen and oxygen atoms in total. The second-order valence-electron chi connectivity index (χ2n) is 5.17. The van der Waals surface area contributed by atoms with Crippen LogP contribution in [0.4, 0.5) is 0 Å². The minimum Gasteiger partial charge on any atom is -0.493 e. The largest absolute Gasteiger partial charge is 0.493 e. The quantitative estimate of drug-likeness (QED) is 0.802. The van der Waals surface area contributed by atoms with Gasteiger partial charge in [-0.1, -0.05) is 22.4 Å². The fraction of sp³-hybridized carbons (Fsp3) is 0.571. The van der Waals surface area contributed by atoms with Gasteiger partial charge in [0.05, 0.1) is 6.61 Å². The molecule has 0 unspecified atom stereocenters. The van der Waals surface area contributed by atoms with Gasteiger partial charge < -0.3 is 4.74 Å². The Labute approximate surface area is 117 Å². The second-order valence-corrected chi connectivity index (χ2v) is 6.28. The summed E-state index contributed by atoms with van der Waals surface area (Å²) >= 11 is 8.02. The topological polar surface area (TPSA) is 9.23 Å². The van der Waals surface area contributed by atoms with Gasteiger partial charge >= 0.3 is 0 Å². The van der Waals surface area contributed by atoms with E-state index in [1.807, 2.05) is 0 Å². The normalized spacial score (nSPS) is 17.6. The van der Waals surface area contributed by atoms with E-state index < -0.39 is 0 Å². The summed E-state index contributed by atoms with van der Waals surface area (Å²) in [6.07, 6.45) is 3.83. The van der Waals surface area contributed by atoms with Crippen LogP contribution >= 0.6 is 28.6 Å². The monoisotopic (exact) mass is 314 g/mol. The number of hydrogen-bond donors (Lipinski definition) is 1. The Morgan fingerprint density at radius 3 is 2.29 bits per heavy atom. The van der Waals surface area contributed by atoms with Crippen molar-refractivity contribution in [3.05, 3.63) is 27.7 Å². The van der Waals surface area contributed by atoms with E-state index in [2.05, 4.69) is 54.5 Å². The SMILES string of the molecule is Cc1cc(OCC2(CS)CCC2)cc(C)c1Br. The van der Waals surface area contributed by atoms with Crippen molar-refractivity contribution >= 4 is 28.6 Å². The first-order valence-electron chi connectivity index (χ1n) is 6.07. The van der Waals surface area contributed by atoms with Crippen LogP contribution in [-0.4, -0.2) is 12.4 Å². The third-order valence-electron chi connectivity index (χ3n) is 3.70. The van der Waals surface area contributed by atoms with Crippen LogP contribution in [-0.2, 0) is 0 Å². The van der Waals surface area contributed by atoms with Gasteiger partial charge in [0.25, 0.3) is 0 Å². The summed E-state index contributed by atoms with van der Waals surface area (Å²) in [6, 6.07) is 4.20. The summed E-state index contributed by atoms with van der Waals surface area (Å²) in [5, 5.41) is 0. The van der Waals surface area contributed by atoms with E-state index in [1.54, 1.807) is 0 Å². The van der Waals surface area contributed by atoms with Crippen LogP contribution in [0.5, 0.6) is 5.75 Å². The first-order valence-corrected chi connectivity index (χ1v) is 7.49. The molecule has 0 aliphatic heterocycles. The molecule has 3 heteroatoms. The lowest BCUT2D eigenvalue weighted by Crippen LogP contribution is -2.37. The average Bonchev–Trinajstić information content (AvgIpc) is 2.25. The van der Waals surface area contributed by atoms with E-state index in [1.165, 1.54) is 34.9 Å². The van der Waals surface area contributed by atoms with Crippen molar-refractivity contribution in [3.63, 3.8) is 0 Å². The molecule has 0 saturated heterocycles. The maximum Gasteiger partial charge on any atom is 0.119 e. The standard InChI is InChI=1S/C14H19BrOS/c1-10-6-12(7-11(2)13(10)15)16-8-14(9-17)4-3-5-14/h6-7,17H,3-5,8-9H2,1-2H3. The number of thiol groups is 1. The third kappa shape index (κ3) is 2.82. The van der Waals surface area contributed by atoms with E-state index in [4.69, 9.17) is 4.74 Å². The van der Waals surface area contributed by atoms with Crippen molar-refractivity contribution in [3.8, 4) is 5.75 Å². The summed E-state index contributed by atoms with van der Waals surface area (Å²) in [6.45, 7) is 5.00. The Kier molecular flexibility index (Phi) is 4.09. The molecule has 17 heavy (non-hydrogen) atoms. The summed E-state index contributed by atoms with van der Waals surface area (Å²) in [5.41, 5.74) is 2.79. The molecule has 0 atom stereocenters. The van der Waals surface area contributed by atoms with Crippen LogP contribution < -0.4 is 4.74 Å². The van der Waals surface area contributed by atoms with E-state index in [9.17, 15) is 0 Å². The Balaban J connectivity index is 2.04. The van der Waals surface area contributed by atoms with E-state index in [-0.39, 0.29) is 0 Å². The van der Waals surface area contributed by atoms with Gasteiger partial charge in [-0.3, -0.25) is 0 Å². The zero-order valence-electron chi connectivity index (χ0n) is 10.4. The summed E-state index contributed by atoms with van der Waals surface area (Å²) in [7, 11) is 0. The average molecular weight is 315 g/mol. The number of aryl methyl sites for hydroxylation is 2. The molecule has 1 aliphatic rings. The van der Waals surface area contributed by atoms with Crippen molar-refractivity contribution in [2.45, 2.75) is 33.1 Å². The van der Waals surface area contributed by atoms with Crippen molar-refractivity contribution in [1.29, 1.82) is 0 Å². The van der Waals surface area contributed by atoms with Gasteiger partial charge in [0, 0.05) is 9.89 Å². The highest BCUT2D eigenvalue weighted by Crippen LogP contribution is 2.42. The molecule has 0 bridgehead atoms. The highest BCUT2D eigenvalue weighted by molar-refractivity contribution is 9.10. The molecule has 1 fully saturated rings. The summed E-state index contributed by atoms with van der Waals surface area (Å²) < 4.78 is 7.13. The van der Waals surface area contributed by atoms with Gasteiger partial charge in [-0.15, -0.1) is 0 Å². The van der Waals surface area contributed by atoms with Crippen LogP contribution in [0.2, 0.25) is 0 Å². The smallest absolute Gasteiger partial charge is 0.119 e. The summed E-state index contributed by atoms with van der Waals surface area (Å²) in [4.78, 5) is 0. The number of ether oxygens (including phenoxy) is 1. The highest BCUT2D eigenvalue weighted by atomic mass is 79.9. The first kappa shape index (κ1) is 13.3. The Hall–Kier alpha value is -0.150. The van der Waals surface area contributed by atoms with Crippen molar-refractivity contribution in [1.82, 2.24) is 0 Å². The number of hydrogen-bond acceptors (Lipinski definition) is 2. The van der Waals surface area contributed by atoms with Crippen molar-refractivity contribution < 1.29 is 4.74 Å². The van der Waals surface area contributed by atoms with Gasteiger partial charge in [-0.2, -0.15) is 12.6 Å². The lowest BCUT2D eigenvalue weighted by molar-refractivity contribution is 0.0829. The molecule has 0 N–H and O–H groups in total. The van der Waals surface area contributed by atoms with Crippen LogP contribution in [0, 0.1) is 19.3 Å². The molecule has 1 aliphatic carbocycles. The van der Waals surface area contributed by atoms with Crippen LogP contribution in [0.3, 0.4) is 0 Å². The molecule has 0 radical (unpaired) electrons. The number of halogens is 1. The number of rotatable bonds is 4.